The van der Waals surface area contributed by atoms with Gasteiger partial charge >= 0.3 is 94.6 Å². The van der Waals surface area contributed by atoms with Crippen LogP contribution in [0.15, 0.2) is 0 Å². The average Bonchev–Trinajstić information content (AvgIpc) is 2.84. The summed E-state index contributed by atoms with van der Waals surface area (Å²) in [5, 5.41) is 8.66. The van der Waals surface area contributed by atoms with Crippen molar-refractivity contribution in [3.8, 4) is 0 Å². The van der Waals surface area contributed by atoms with E-state index in [2.05, 4.69) is 18.6 Å². The van der Waals surface area contributed by atoms with Crippen molar-refractivity contribution in [2.75, 3.05) is 12.4 Å². The van der Waals surface area contributed by atoms with Crippen LogP contribution in [0.3, 0.4) is 0 Å². The second kappa shape index (κ2) is 36.6. The first-order valence-electron chi connectivity index (χ1n) is 15.1. The molecule has 0 rings (SSSR count). The van der Waals surface area contributed by atoms with Crippen LogP contribution in [0.5, 0.6) is 0 Å². The molecule has 1 atom stereocenters. The molecule has 0 aromatic heterocycles. The molecule has 0 heterocycles. The molecule has 240 valence electrons. The first kappa shape index (κ1) is 54.2. The number of carbonyl (C=O) groups excluding carboxylic acids is 2. The maximum atomic E-state index is 10.9. The van der Waals surface area contributed by atoms with Gasteiger partial charge in [0, 0.05) is 0 Å². The Labute approximate surface area is 328 Å². The smallest absolute Gasteiger partial charge is 0.748 e. The summed E-state index contributed by atoms with van der Waals surface area (Å²) in [5.74, 6) is -3.79. The Balaban J connectivity index is -0.000000209. The van der Waals surface area contributed by atoms with E-state index in [9.17, 15) is 40.6 Å². The van der Waals surface area contributed by atoms with Crippen LogP contribution in [0.1, 0.15) is 149 Å². The quantitative estimate of drug-likeness (QED) is 0.0377. The SMILES string of the molecule is CCCCCCCCCCCCC(C(=O)[O-])S(=O)(=O)[O-].CCCCCCCCCCCCOC(=O)CS(=O)(=O)[O-].[Na+].[Na+].[Na+]. The molecule has 0 aliphatic rings. The second-order valence-corrected chi connectivity index (χ2v) is 13.3. The molecule has 0 amide bonds. The van der Waals surface area contributed by atoms with Crippen molar-refractivity contribution in [3.05, 3.63) is 0 Å². The Morgan fingerprint density at radius 1 is 0.581 bits per heavy atom. The zero-order valence-electron chi connectivity index (χ0n) is 27.7. The number of carbonyl (C=O) groups is 2. The van der Waals surface area contributed by atoms with Crippen LogP contribution >= 0.6 is 0 Å². The van der Waals surface area contributed by atoms with Gasteiger partial charge in [-0.3, -0.25) is 4.79 Å². The van der Waals surface area contributed by atoms with E-state index < -0.39 is 43.2 Å². The minimum Gasteiger partial charge on any atom is -0.748 e. The van der Waals surface area contributed by atoms with Crippen molar-refractivity contribution in [2.45, 2.75) is 154 Å². The third-order valence-electron chi connectivity index (χ3n) is 6.49. The van der Waals surface area contributed by atoms with E-state index in [1.165, 1.54) is 77.0 Å². The molecular formula is C28H53Na3O10S2. The van der Waals surface area contributed by atoms with Crippen LogP contribution in [0.25, 0.3) is 0 Å². The molecule has 0 saturated carbocycles. The molecule has 0 aliphatic carbocycles. The molecule has 0 aromatic rings. The second-order valence-electron chi connectivity index (χ2n) is 10.4. The monoisotopic (exact) mass is 682 g/mol. The van der Waals surface area contributed by atoms with E-state index in [4.69, 9.17) is 0 Å². The van der Waals surface area contributed by atoms with Gasteiger partial charge < -0.3 is 23.7 Å². The summed E-state index contributed by atoms with van der Waals surface area (Å²) in [6.07, 6.45) is 22.3. The number of ether oxygens (including phenoxy) is 1. The van der Waals surface area contributed by atoms with Gasteiger partial charge in [0.1, 0.15) is 26.0 Å². The van der Waals surface area contributed by atoms with Gasteiger partial charge in [-0.25, -0.2) is 16.8 Å². The molecule has 0 N–H and O–H groups in total. The molecule has 0 aliphatic heterocycles. The van der Waals surface area contributed by atoms with Gasteiger partial charge in [0.25, 0.3) is 0 Å². The summed E-state index contributed by atoms with van der Waals surface area (Å²) in [6, 6.07) is 0. The Hall–Kier alpha value is 1.76. The van der Waals surface area contributed by atoms with Crippen LogP contribution < -0.4 is 93.8 Å². The Morgan fingerprint density at radius 2 is 0.907 bits per heavy atom. The average molecular weight is 683 g/mol. The normalized spacial score (nSPS) is 11.5. The third-order valence-corrected chi connectivity index (χ3v) is 8.20. The molecule has 0 saturated heterocycles. The number of carboxylic acid groups (broad SMARTS) is 1. The van der Waals surface area contributed by atoms with E-state index in [1.807, 2.05) is 0 Å². The molecule has 15 heteroatoms. The van der Waals surface area contributed by atoms with Crippen molar-refractivity contribution < 1.29 is 134 Å². The molecule has 0 spiro atoms. The molecule has 1 unspecified atom stereocenters. The fourth-order valence-electron chi connectivity index (χ4n) is 4.16. The Kier molecular flexibility index (Phi) is 46.1. The summed E-state index contributed by atoms with van der Waals surface area (Å²) >= 11 is 0. The number of esters is 1. The summed E-state index contributed by atoms with van der Waals surface area (Å²) in [7, 11) is -9.30. The number of aliphatic carboxylic acids is 1. The van der Waals surface area contributed by atoms with Crippen LogP contribution in [-0.2, 0) is 34.6 Å². The first-order valence-corrected chi connectivity index (χ1v) is 18.1. The predicted molar refractivity (Wildman–Crippen MR) is 152 cm³/mol. The van der Waals surface area contributed by atoms with Gasteiger partial charge in [0.15, 0.2) is 0 Å². The van der Waals surface area contributed by atoms with Gasteiger partial charge in [0.2, 0.25) is 0 Å². The fourth-order valence-corrected chi connectivity index (χ4v) is 5.22. The van der Waals surface area contributed by atoms with Crippen LogP contribution in [0.2, 0.25) is 0 Å². The summed E-state index contributed by atoms with van der Waals surface area (Å²) in [4.78, 5) is 21.5. The predicted octanol–water partition coefficient (Wildman–Crippen LogP) is -4.03. The molecule has 10 nitrogen and oxygen atoms in total. The molecule has 0 aromatic carbocycles. The zero-order chi connectivity index (χ0) is 30.7. The standard InChI is InChI=1S/2C14H28O5S.3Na/c1-2-3-4-5-6-7-8-9-10-11-12-19-14(15)13-20(16,17)18;1-2-3-4-5-6-7-8-9-10-11-12-13(14(15)16)20(17,18)19;;;/h2-13H2,1H3,(H,16,17,18);13H,2-12H2,1H3,(H,15,16)(H,17,18,19);;;/q;;3*+1/p-3. The van der Waals surface area contributed by atoms with Crippen LogP contribution in [0, 0.1) is 0 Å². The van der Waals surface area contributed by atoms with E-state index in [0.717, 1.165) is 44.9 Å². The van der Waals surface area contributed by atoms with E-state index >= 15 is 0 Å². The molecule has 0 radical (unpaired) electrons. The number of hydrogen-bond acceptors (Lipinski definition) is 10. The third kappa shape index (κ3) is 43.8. The molecular weight excluding hydrogens is 629 g/mol. The summed E-state index contributed by atoms with van der Waals surface area (Å²) < 4.78 is 67.6. The topological polar surface area (TPSA) is 181 Å². The van der Waals surface area contributed by atoms with Gasteiger partial charge in [-0.2, -0.15) is 0 Å². The fraction of sp³-hybridized carbons (Fsp3) is 0.929. The maximum Gasteiger partial charge on any atom is 1.00 e. The molecule has 0 fully saturated rings. The number of carboxylic acids is 1. The Bertz CT molecular complexity index is 840. The summed E-state index contributed by atoms with van der Waals surface area (Å²) in [6.45, 7) is 4.59. The largest absolute Gasteiger partial charge is 1.00 e. The van der Waals surface area contributed by atoms with E-state index in [0.29, 0.717) is 6.42 Å². The van der Waals surface area contributed by atoms with Crippen molar-refractivity contribution >= 4 is 32.2 Å². The minimum atomic E-state index is -4.79. The van der Waals surface area contributed by atoms with Gasteiger partial charge in [-0.05, 0) is 12.8 Å². The van der Waals surface area contributed by atoms with Crippen molar-refractivity contribution in [2.24, 2.45) is 0 Å². The Morgan fingerprint density at radius 3 is 1.21 bits per heavy atom. The van der Waals surface area contributed by atoms with Gasteiger partial charge in [0.05, 0.1) is 17.8 Å². The summed E-state index contributed by atoms with van der Waals surface area (Å²) in [5.41, 5.74) is 0. The minimum absolute atomic E-state index is 0. The number of hydrogen-bond donors (Lipinski definition) is 0. The van der Waals surface area contributed by atoms with Crippen LogP contribution in [0.4, 0.5) is 0 Å². The number of unbranched alkanes of at least 4 members (excludes halogenated alkanes) is 18. The molecule has 43 heavy (non-hydrogen) atoms. The first-order chi connectivity index (χ1) is 18.8. The maximum absolute atomic E-state index is 10.9. The molecule has 0 bridgehead atoms. The van der Waals surface area contributed by atoms with E-state index in [-0.39, 0.29) is 102 Å². The van der Waals surface area contributed by atoms with Crippen molar-refractivity contribution in [1.29, 1.82) is 0 Å². The van der Waals surface area contributed by atoms with Crippen LogP contribution in [-0.4, -0.2) is 55.5 Å². The van der Waals surface area contributed by atoms with Gasteiger partial charge in [-0.15, -0.1) is 0 Å². The zero-order valence-corrected chi connectivity index (χ0v) is 35.4. The van der Waals surface area contributed by atoms with Gasteiger partial charge in [-0.1, -0.05) is 136 Å². The van der Waals surface area contributed by atoms with E-state index in [1.54, 1.807) is 0 Å². The number of rotatable bonds is 26. The van der Waals surface area contributed by atoms with Crippen molar-refractivity contribution in [1.82, 2.24) is 0 Å². The van der Waals surface area contributed by atoms with Crippen molar-refractivity contribution in [3.63, 3.8) is 0 Å².